The summed E-state index contributed by atoms with van der Waals surface area (Å²) in [4.78, 5) is 20.3. The Balaban J connectivity index is 1.79. The van der Waals surface area contributed by atoms with E-state index in [1.54, 1.807) is 42.7 Å². The van der Waals surface area contributed by atoms with Crippen molar-refractivity contribution in [2.45, 2.75) is 0 Å². The van der Waals surface area contributed by atoms with Gasteiger partial charge < -0.3 is 9.84 Å². The predicted molar refractivity (Wildman–Crippen MR) is 88.0 cm³/mol. The van der Waals surface area contributed by atoms with Crippen LogP contribution in [0.25, 0.3) is 11.3 Å². The molecule has 0 saturated carbocycles. The number of nitrogens with one attached hydrogen (secondary N) is 1. The molecule has 3 aromatic rings. The van der Waals surface area contributed by atoms with Crippen LogP contribution < -0.4 is 10.1 Å². The Morgan fingerprint density at radius 1 is 1.26 bits per heavy atom. The number of phenolic OH excluding ortho intramolecular Hbond substituents is 1. The van der Waals surface area contributed by atoms with E-state index in [2.05, 4.69) is 15.3 Å². The van der Waals surface area contributed by atoms with E-state index in [1.165, 1.54) is 18.4 Å². The lowest BCUT2D eigenvalue weighted by atomic mass is 10.1. The molecule has 0 radical (unpaired) electrons. The van der Waals surface area contributed by atoms with Crippen LogP contribution >= 0.6 is 11.3 Å². The number of carbonyl (C=O) groups excluding carboxylic acids is 1. The zero-order valence-electron chi connectivity index (χ0n) is 12.2. The van der Waals surface area contributed by atoms with Crippen molar-refractivity contribution in [2.75, 3.05) is 12.4 Å². The molecule has 7 heteroatoms. The molecular weight excluding hydrogens is 314 g/mol. The summed E-state index contributed by atoms with van der Waals surface area (Å²) in [5, 5.41) is 14.7. The van der Waals surface area contributed by atoms with Crippen molar-refractivity contribution in [1.82, 2.24) is 9.97 Å². The molecule has 0 saturated heterocycles. The van der Waals surface area contributed by atoms with Crippen LogP contribution in [-0.2, 0) is 0 Å². The summed E-state index contributed by atoms with van der Waals surface area (Å²) in [6.07, 6.45) is 3.12. The number of aromatic hydroxyl groups is 1. The maximum atomic E-state index is 12.1. The van der Waals surface area contributed by atoms with Gasteiger partial charge in [0.1, 0.15) is 0 Å². The van der Waals surface area contributed by atoms with Crippen LogP contribution in [0.3, 0.4) is 0 Å². The van der Waals surface area contributed by atoms with E-state index in [0.29, 0.717) is 22.1 Å². The van der Waals surface area contributed by atoms with Gasteiger partial charge in [0.05, 0.1) is 12.8 Å². The molecule has 3 rings (SSSR count). The number of carbonyl (C=O) groups is 1. The minimum Gasteiger partial charge on any atom is -0.504 e. The van der Waals surface area contributed by atoms with Crippen LogP contribution in [0.5, 0.6) is 11.5 Å². The molecule has 0 unspecified atom stereocenters. The van der Waals surface area contributed by atoms with Gasteiger partial charge >= 0.3 is 0 Å². The molecule has 0 aliphatic carbocycles. The Morgan fingerprint density at radius 3 is 2.78 bits per heavy atom. The summed E-state index contributed by atoms with van der Waals surface area (Å²) in [6, 6.07) is 8.24. The number of aromatic nitrogens is 2. The number of ether oxygens (including phenoxy) is 1. The highest BCUT2D eigenvalue weighted by atomic mass is 32.1. The summed E-state index contributed by atoms with van der Waals surface area (Å²) in [7, 11) is 1.49. The number of nitrogens with zero attached hydrogens (tertiary/aromatic N) is 2. The molecule has 1 aromatic carbocycles. The van der Waals surface area contributed by atoms with Crippen molar-refractivity contribution in [3.05, 3.63) is 53.7 Å². The largest absolute Gasteiger partial charge is 0.504 e. The van der Waals surface area contributed by atoms with E-state index in [1.807, 2.05) is 5.38 Å². The SMILES string of the molecule is COc1cc(-c2csc(NC(=O)c3ccncc3)n2)ccc1O. The van der Waals surface area contributed by atoms with Gasteiger partial charge in [-0.25, -0.2) is 4.98 Å². The molecule has 6 nitrogen and oxygen atoms in total. The minimum atomic E-state index is -0.239. The molecule has 0 aliphatic rings. The first-order chi connectivity index (χ1) is 11.2. The van der Waals surface area contributed by atoms with Gasteiger partial charge in [0, 0.05) is 28.9 Å². The van der Waals surface area contributed by atoms with Gasteiger partial charge in [0.15, 0.2) is 16.6 Å². The van der Waals surface area contributed by atoms with Crippen LogP contribution in [0.1, 0.15) is 10.4 Å². The van der Waals surface area contributed by atoms with Crippen molar-refractivity contribution in [3.8, 4) is 22.8 Å². The van der Waals surface area contributed by atoms with Gasteiger partial charge in [-0.2, -0.15) is 0 Å². The topological polar surface area (TPSA) is 84.3 Å². The molecule has 1 amide bonds. The van der Waals surface area contributed by atoms with Crippen molar-refractivity contribution in [2.24, 2.45) is 0 Å². The van der Waals surface area contributed by atoms with E-state index in [9.17, 15) is 9.90 Å². The number of methoxy groups -OCH3 is 1. The third kappa shape index (κ3) is 3.29. The van der Waals surface area contributed by atoms with Crippen LogP contribution in [0, 0.1) is 0 Å². The van der Waals surface area contributed by atoms with E-state index in [0.717, 1.165) is 5.56 Å². The number of hydrogen-bond acceptors (Lipinski definition) is 6. The quantitative estimate of drug-likeness (QED) is 0.769. The second-order valence-corrected chi connectivity index (χ2v) is 5.47. The van der Waals surface area contributed by atoms with Gasteiger partial charge in [-0.05, 0) is 30.3 Å². The Hall–Kier alpha value is -2.93. The molecular formula is C16H13N3O3S. The number of pyridine rings is 1. The lowest BCUT2D eigenvalue weighted by Gasteiger charge is -2.04. The first kappa shape index (κ1) is 15.0. The Labute approximate surface area is 136 Å². The fourth-order valence-electron chi connectivity index (χ4n) is 1.97. The lowest BCUT2D eigenvalue weighted by molar-refractivity contribution is 0.102. The highest BCUT2D eigenvalue weighted by Gasteiger charge is 2.11. The normalized spacial score (nSPS) is 10.3. The monoisotopic (exact) mass is 327 g/mol. The summed E-state index contributed by atoms with van der Waals surface area (Å²) in [6.45, 7) is 0. The van der Waals surface area contributed by atoms with Gasteiger partial charge in [-0.3, -0.25) is 15.1 Å². The number of amides is 1. The van der Waals surface area contributed by atoms with Crippen molar-refractivity contribution in [1.29, 1.82) is 0 Å². The molecule has 2 heterocycles. The molecule has 0 fully saturated rings. The van der Waals surface area contributed by atoms with Crippen molar-refractivity contribution < 1.29 is 14.6 Å². The van der Waals surface area contributed by atoms with E-state index < -0.39 is 0 Å². The summed E-state index contributed by atoms with van der Waals surface area (Å²) >= 11 is 1.32. The van der Waals surface area contributed by atoms with Crippen LogP contribution in [0.15, 0.2) is 48.1 Å². The molecule has 0 atom stereocenters. The number of anilines is 1. The molecule has 0 aliphatic heterocycles. The van der Waals surface area contributed by atoms with E-state index in [4.69, 9.17) is 4.74 Å². The zero-order chi connectivity index (χ0) is 16.2. The second kappa shape index (κ2) is 6.45. The smallest absolute Gasteiger partial charge is 0.257 e. The lowest BCUT2D eigenvalue weighted by Crippen LogP contribution is -2.11. The average Bonchev–Trinajstić information content (AvgIpc) is 3.04. The Bertz CT molecular complexity index is 834. The molecule has 0 spiro atoms. The number of benzene rings is 1. The Morgan fingerprint density at radius 2 is 2.04 bits per heavy atom. The molecule has 0 bridgehead atoms. The number of hydrogen-bond donors (Lipinski definition) is 2. The minimum absolute atomic E-state index is 0.0673. The molecule has 116 valence electrons. The molecule has 23 heavy (non-hydrogen) atoms. The maximum Gasteiger partial charge on any atom is 0.257 e. The van der Waals surface area contributed by atoms with Crippen molar-refractivity contribution in [3.63, 3.8) is 0 Å². The van der Waals surface area contributed by atoms with Crippen LogP contribution in [-0.4, -0.2) is 28.1 Å². The third-order valence-electron chi connectivity index (χ3n) is 3.14. The summed E-state index contributed by atoms with van der Waals surface area (Å²) < 4.78 is 5.09. The number of phenols is 1. The van der Waals surface area contributed by atoms with Crippen molar-refractivity contribution >= 4 is 22.4 Å². The third-order valence-corrected chi connectivity index (χ3v) is 3.90. The average molecular weight is 327 g/mol. The standard InChI is InChI=1S/C16H13N3O3S/c1-22-14-8-11(2-3-13(14)20)12-9-23-16(18-12)19-15(21)10-4-6-17-7-5-10/h2-9,20H,1H3,(H,18,19,21). The van der Waals surface area contributed by atoms with E-state index >= 15 is 0 Å². The summed E-state index contributed by atoms with van der Waals surface area (Å²) in [5.74, 6) is 0.201. The maximum absolute atomic E-state index is 12.1. The van der Waals surface area contributed by atoms with Gasteiger partial charge in [-0.15, -0.1) is 11.3 Å². The number of rotatable bonds is 4. The summed E-state index contributed by atoms with van der Waals surface area (Å²) in [5.41, 5.74) is 2.00. The van der Waals surface area contributed by atoms with Gasteiger partial charge in [0.25, 0.3) is 5.91 Å². The first-order valence-corrected chi connectivity index (χ1v) is 7.59. The fourth-order valence-corrected chi connectivity index (χ4v) is 2.69. The zero-order valence-corrected chi connectivity index (χ0v) is 13.0. The van der Waals surface area contributed by atoms with E-state index in [-0.39, 0.29) is 11.7 Å². The van der Waals surface area contributed by atoms with Gasteiger partial charge in [-0.1, -0.05) is 0 Å². The first-order valence-electron chi connectivity index (χ1n) is 6.71. The molecule has 2 N–H and O–H groups in total. The fraction of sp³-hybridized carbons (Fsp3) is 0.0625. The Kier molecular flexibility index (Phi) is 4.20. The van der Waals surface area contributed by atoms with Crippen LogP contribution in [0.2, 0.25) is 0 Å². The van der Waals surface area contributed by atoms with Gasteiger partial charge in [0.2, 0.25) is 0 Å². The van der Waals surface area contributed by atoms with Crippen LogP contribution in [0.4, 0.5) is 5.13 Å². The predicted octanol–water partition coefficient (Wildman–Crippen LogP) is 3.17. The number of thiazole rings is 1. The highest BCUT2D eigenvalue weighted by molar-refractivity contribution is 7.14. The highest BCUT2D eigenvalue weighted by Crippen LogP contribution is 2.32. The molecule has 2 aromatic heterocycles. The second-order valence-electron chi connectivity index (χ2n) is 4.61.